The van der Waals surface area contributed by atoms with Gasteiger partial charge in [0.15, 0.2) is 0 Å². The fourth-order valence-corrected chi connectivity index (χ4v) is 2.14. The molecule has 1 saturated carbocycles. The lowest BCUT2D eigenvalue weighted by atomic mass is 9.80. The Morgan fingerprint density at radius 2 is 2.21 bits per heavy atom. The number of aliphatic hydroxyl groups excluding tert-OH is 1. The minimum atomic E-state index is 0.250. The monoisotopic (exact) mass is 190 g/mol. The van der Waals surface area contributed by atoms with E-state index >= 15 is 0 Å². The molecule has 0 bridgehead atoms. The SMILES string of the molecule is [B]C1=C(O)CCC(C2(COC)CC2)=C1. The molecule has 0 aromatic rings. The number of hydrogen-bond donors (Lipinski definition) is 1. The summed E-state index contributed by atoms with van der Waals surface area (Å²) >= 11 is 0. The van der Waals surface area contributed by atoms with Crippen LogP contribution in [0.1, 0.15) is 25.7 Å². The summed E-state index contributed by atoms with van der Waals surface area (Å²) in [5, 5.41) is 9.39. The third-order valence-corrected chi connectivity index (χ3v) is 3.25. The van der Waals surface area contributed by atoms with E-state index in [0.717, 1.165) is 13.0 Å². The lowest BCUT2D eigenvalue weighted by molar-refractivity contribution is 0.154. The van der Waals surface area contributed by atoms with Crippen LogP contribution in [0.2, 0.25) is 0 Å². The summed E-state index contributed by atoms with van der Waals surface area (Å²) in [7, 11) is 7.44. The van der Waals surface area contributed by atoms with E-state index in [-0.39, 0.29) is 5.41 Å². The van der Waals surface area contributed by atoms with Gasteiger partial charge in [0.05, 0.1) is 12.4 Å². The molecule has 2 aliphatic rings. The molecule has 0 aliphatic heterocycles. The molecule has 0 amide bonds. The Bertz CT molecular complexity index is 300. The molecule has 0 atom stereocenters. The summed E-state index contributed by atoms with van der Waals surface area (Å²) in [6, 6.07) is 0. The molecular weight excluding hydrogens is 175 g/mol. The quantitative estimate of drug-likeness (QED) is 0.690. The van der Waals surface area contributed by atoms with Gasteiger partial charge in [-0.3, -0.25) is 0 Å². The van der Waals surface area contributed by atoms with Crippen molar-refractivity contribution in [1.82, 2.24) is 0 Å². The maximum atomic E-state index is 9.39. The predicted octanol–water partition coefficient (Wildman–Crippen LogP) is 2.07. The van der Waals surface area contributed by atoms with Crippen LogP contribution in [0.15, 0.2) is 22.9 Å². The van der Waals surface area contributed by atoms with Gasteiger partial charge >= 0.3 is 0 Å². The van der Waals surface area contributed by atoms with E-state index in [1.807, 2.05) is 6.08 Å². The fraction of sp³-hybridized carbons (Fsp3) is 0.636. The first kappa shape index (κ1) is 9.84. The first-order chi connectivity index (χ1) is 6.68. The van der Waals surface area contributed by atoms with Crippen LogP contribution in [0.5, 0.6) is 0 Å². The molecule has 0 aromatic heterocycles. The number of rotatable bonds is 3. The molecule has 2 aliphatic carbocycles. The molecule has 0 aromatic carbocycles. The van der Waals surface area contributed by atoms with Crippen molar-refractivity contribution in [2.45, 2.75) is 25.7 Å². The van der Waals surface area contributed by atoms with Gasteiger partial charge in [-0.1, -0.05) is 17.1 Å². The fourth-order valence-electron chi connectivity index (χ4n) is 2.14. The van der Waals surface area contributed by atoms with E-state index in [9.17, 15) is 5.11 Å². The van der Waals surface area contributed by atoms with Crippen molar-refractivity contribution in [3.8, 4) is 0 Å². The summed E-state index contributed by atoms with van der Waals surface area (Å²) in [4.78, 5) is 0. The number of methoxy groups -OCH3 is 1. The van der Waals surface area contributed by atoms with Crippen molar-refractivity contribution in [2.75, 3.05) is 13.7 Å². The smallest absolute Gasteiger partial charge is 0.118 e. The zero-order valence-electron chi connectivity index (χ0n) is 8.55. The molecular formula is C11H15BO2. The van der Waals surface area contributed by atoms with E-state index in [1.54, 1.807) is 7.11 Å². The lowest BCUT2D eigenvalue weighted by Gasteiger charge is -2.22. The Morgan fingerprint density at radius 1 is 1.50 bits per heavy atom. The van der Waals surface area contributed by atoms with Gasteiger partial charge in [0.2, 0.25) is 0 Å². The van der Waals surface area contributed by atoms with Crippen molar-refractivity contribution in [3.63, 3.8) is 0 Å². The Kier molecular flexibility index (Phi) is 2.44. The summed E-state index contributed by atoms with van der Waals surface area (Å²) in [5.41, 5.74) is 2.14. The number of hydrogen-bond acceptors (Lipinski definition) is 2. The van der Waals surface area contributed by atoms with Crippen molar-refractivity contribution in [1.29, 1.82) is 0 Å². The highest BCUT2D eigenvalue weighted by atomic mass is 16.5. The maximum absolute atomic E-state index is 9.39. The summed E-state index contributed by atoms with van der Waals surface area (Å²) in [6.07, 6.45) is 5.94. The minimum Gasteiger partial charge on any atom is -0.513 e. The second-order valence-electron chi connectivity index (χ2n) is 4.28. The first-order valence-electron chi connectivity index (χ1n) is 5.05. The third kappa shape index (κ3) is 1.61. The predicted molar refractivity (Wildman–Crippen MR) is 56.3 cm³/mol. The van der Waals surface area contributed by atoms with Crippen LogP contribution >= 0.6 is 0 Å². The van der Waals surface area contributed by atoms with Crippen LogP contribution in [0.4, 0.5) is 0 Å². The van der Waals surface area contributed by atoms with Gasteiger partial charge in [-0.2, -0.15) is 0 Å². The van der Waals surface area contributed by atoms with Gasteiger partial charge in [-0.15, -0.1) is 0 Å². The number of aliphatic hydroxyl groups is 1. The first-order valence-corrected chi connectivity index (χ1v) is 5.05. The highest BCUT2D eigenvalue weighted by Crippen LogP contribution is 2.54. The van der Waals surface area contributed by atoms with Gasteiger partial charge in [0.1, 0.15) is 7.85 Å². The highest BCUT2D eigenvalue weighted by molar-refractivity contribution is 6.23. The standard InChI is InChI=1S/C11H15BO2/c1-14-7-11(4-5-11)8-2-3-10(13)9(12)6-8/h6,13H,2-5,7H2,1H3. The van der Waals surface area contributed by atoms with Crippen LogP contribution in [0.3, 0.4) is 0 Å². The van der Waals surface area contributed by atoms with Gasteiger partial charge in [0, 0.05) is 18.9 Å². The summed E-state index contributed by atoms with van der Waals surface area (Å²) in [5.74, 6) is 0.335. The van der Waals surface area contributed by atoms with Crippen LogP contribution in [-0.4, -0.2) is 26.7 Å². The molecule has 2 rings (SSSR count). The van der Waals surface area contributed by atoms with Crippen LogP contribution < -0.4 is 0 Å². The maximum Gasteiger partial charge on any atom is 0.118 e. The highest BCUT2D eigenvalue weighted by Gasteiger charge is 2.45. The van der Waals surface area contributed by atoms with Gasteiger partial charge in [0.25, 0.3) is 0 Å². The zero-order chi connectivity index (χ0) is 10.2. The second-order valence-corrected chi connectivity index (χ2v) is 4.28. The van der Waals surface area contributed by atoms with Crippen molar-refractivity contribution >= 4 is 7.85 Å². The molecule has 2 radical (unpaired) electrons. The molecule has 0 heterocycles. The molecule has 0 saturated heterocycles. The van der Waals surface area contributed by atoms with Crippen LogP contribution in [0.25, 0.3) is 0 Å². The van der Waals surface area contributed by atoms with Gasteiger partial charge in [-0.25, -0.2) is 0 Å². The van der Waals surface area contributed by atoms with E-state index in [1.165, 1.54) is 18.4 Å². The van der Waals surface area contributed by atoms with Crippen molar-refractivity contribution in [3.05, 3.63) is 22.9 Å². The Morgan fingerprint density at radius 3 is 2.71 bits per heavy atom. The molecule has 2 nitrogen and oxygen atoms in total. The number of allylic oxidation sites excluding steroid dienone is 3. The lowest BCUT2D eigenvalue weighted by Crippen LogP contribution is -2.15. The topological polar surface area (TPSA) is 29.5 Å². The largest absolute Gasteiger partial charge is 0.513 e. The van der Waals surface area contributed by atoms with Crippen molar-refractivity contribution in [2.24, 2.45) is 5.41 Å². The Hall–Kier alpha value is -0.695. The molecule has 1 fully saturated rings. The van der Waals surface area contributed by atoms with E-state index in [2.05, 4.69) is 0 Å². The molecule has 74 valence electrons. The third-order valence-electron chi connectivity index (χ3n) is 3.25. The molecule has 3 heteroatoms. The minimum absolute atomic E-state index is 0.250. The Balaban J connectivity index is 2.16. The average molecular weight is 190 g/mol. The Labute approximate surface area is 86.1 Å². The zero-order valence-corrected chi connectivity index (χ0v) is 8.55. The summed E-state index contributed by atoms with van der Waals surface area (Å²) < 4.78 is 5.22. The average Bonchev–Trinajstić information content (AvgIpc) is 2.91. The number of ether oxygens (including phenoxy) is 1. The van der Waals surface area contributed by atoms with Gasteiger partial charge < -0.3 is 9.84 Å². The van der Waals surface area contributed by atoms with E-state index in [4.69, 9.17) is 12.6 Å². The van der Waals surface area contributed by atoms with E-state index in [0.29, 0.717) is 17.7 Å². The molecule has 1 N–H and O–H groups in total. The van der Waals surface area contributed by atoms with Crippen LogP contribution in [-0.2, 0) is 4.74 Å². The van der Waals surface area contributed by atoms with Crippen LogP contribution in [0, 0.1) is 5.41 Å². The second kappa shape index (κ2) is 3.46. The van der Waals surface area contributed by atoms with Crippen molar-refractivity contribution < 1.29 is 9.84 Å². The molecule has 0 spiro atoms. The van der Waals surface area contributed by atoms with E-state index < -0.39 is 0 Å². The molecule has 14 heavy (non-hydrogen) atoms. The van der Waals surface area contributed by atoms with Gasteiger partial charge in [-0.05, 0) is 19.3 Å². The normalized spacial score (nSPS) is 24.8. The summed E-state index contributed by atoms with van der Waals surface area (Å²) in [6.45, 7) is 0.785. The molecule has 0 unspecified atom stereocenters.